The third-order valence-electron chi connectivity index (χ3n) is 2.82. The highest BCUT2D eigenvalue weighted by Gasteiger charge is 2.34. The summed E-state index contributed by atoms with van der Waals surface area (Å²) in [7, 11) is -1.52. The van der Waals surface area contributed by atoms with Gasteiger partial charge in [-0.25, -0.2) is 8.42 Å². The number of nitro groups is 1. The van der Waals surface area contributed by atoms with E-state index in [2.05, 4.69) is 0 Å². The summed E-state index contributed by atoms with van der Waals surface area (Å²) in [5.41, 5.74) is -1.05. The van der Waals surface area contributed by atoms with Crippen LogP contribution in [0.3, 0.4) is 0 Å². The number of hydrogen-bond acceptors (Lipinski definition) is 5. The molecule has 0 spiro atoms. The zero-order valence-corrected chi connectivity index (χ0v) is 12.1. The number of rotatable bonds is 6. The second-order valence-corrected chi connectivity index (χ2v) is 6.14. The lowest BCUT2D eigenvalue weighted by atomic mass is 10.3. The van der Waals surface area contributed by atoms with Crippen molar-refractivity contribution in [2.45, 2.75) is 17.9 Å². The second-order valence-electron chi connectivity index (χ2n) is 4.17. The van der Waals surface area contributed by atoms with Crippen molar-refractivity contribution < 1.29 is 22.5 Å². The first-order valence-corrected chi connectivity index (χ1v) is 7.07. The van der Waals surface area contributed by atoms with Crippen molar-refractivity contribution in [3.05, 3.63) is 34.1 Å². The summed E-state index contributed by atoms with van der Waals surface area (Å²) in [6.45, 7) is 1.69. The molecule has 0 saturated heterocycles. The first-order valence-electron chi connectivity index (χ1n) is 5.63. The number of sulfonamides is 1. The van der Waals surface area contributed by atoms with Crippen molar-refractivity contribution in [1.29, 1.82) is 0 Å². The molecule has 1 atom stereocenters. The van der Waals surface area contributed by atoms with Gasteiger partial charge in [0.1, 0.15) is 0 Å². The molecule has 0 amide bonds. The number of hydrogen-bond donors (Lipinski definition) is 0. The Balaban J connectivity index is 3.36. The summed E-state index contributed by atoms with van der Waals surface area (Å²) in [6, 6.07) is 2.42. The lowest BCUT2D eigenvalue weighted by Gasteiger charge is -2.23. The highest BCUT2D eigenvalue weighted by Crippen LogP contribution is 2.29. The highest BCUT2D eigenvalue weighted by molar-refractivity contribution is 7.89. The molecule has 1 aromatic carbocycles. The summed E-state index contributed by atoms with van der Waals surface area (Å²) >= 11 is 0. The molecule has 0 fully saturated rings. The van der Waals surface area contributed by atoms with Crippen molar-refractivity contribution in [3.63, 3.8) is 0 Å². The summed E-state index contributed by atoms with van der Waals surface area (Å²) < 4.78 is 43.9. The third-order valence-corrected chi connectivity index (χ3v) is 4.82. The lowest BCUT2D eigenvalue weighted by molar-refractivity contribution is -0.390. The van der Waals surface area contributed by atoms with Gasteiger partial charge in [-0.2, -0.15) is 8.70 Å². The third kappa shape index (κ3) is 3.11. The number of nitrogens with zero attached hydrogens (tertiary/aromatic N) is 2. The molecule has 7 nitrogen and oxygen atoms in total. The van der Waals surface area contributed by atoms with Crippen LogP contribution in [0.5, 0.6) is 0 Å². The van der Waals surface area contributed by atoms with E-state index in [-0.39, 0.29) is 6.61 Å². The Labute approximate surface area is 116 Å². The number of halogens is 1. The lowest BCUT2D eigenvalue weighted by Crippen LogP contribution is -2.38. The minimum atomic E-state index is -4.19. The molecule has 1 rings (SSSR count). The Morgan fingerprint density at radius 1 is 1.50 bits per heavy atom. The van der Waals surface area contributed by atoms with Crippen LogP contribution in [0.25, 0.3) is 0 Å². The molecule has 0 heterocycles. The van der Waals surface area contributed by atoms with E-state index in [9.17, 15) is 22.9 Å². The van der Waals surface area contributed by atoms with Crippen LogP contribution in [-0.4, -0.2) is 44.5 Å². The van der Waals surface area contributed by atoms with Crippen LogP contribution in [-0.2, 0) is 14.8 Å². The van der Waals surface area contributed by atoms with E-state index < -0.39 is 37.4 Å². The van der Waals surface area contributed by atoms with E-state index in [1.54, 1.807) is 6.92 Å². The van der Waals surface area contributed by atoms with Gasteiger partial charge in [-0.1, -0.05) is 6.07 Å². The molecule has 0 N–H and O–H groups in total. The molecule has 1 unspecified atom stereocenters. The maximum absolute atomic E-state index is 13.5. The molecule has 20 heavy (non-hydrogen) atoms. The molecule has 9 heteroatoms. The van der Waals surface area contributed by atoms with E-state index in [0.717, 1.165) is 22.5 Å². The van der Waals surface area contributed by atoms with Gasteiger partial charge in [0, 0.05) is 20.2 Å². The van der Waals surface area contributed by atoms with Gasteiger partial charge in [0.25, 0.3) is 0 Å². The van der Waals surface area contributed by atoms with Gasteiger partial charge in [0.05, 0.1) is 11.5 Å². The van der Waals surface area contributed by atoms with Gasteiger partial charge in [-0.15, -0.1) is 0 Å². The summed E-state index contributed by atoms with van der Waals surface area (Å²) in [6.07, 6.45) is 0. The van der Waals surface area contributed by atoms with Gasteiger partial charge in [-0.3, -0.25) is 10.1 Å². The Kier molecular flexibility index (Phi) is 5.15. The van der Waals surface area contributed by atoms with Crippen LogP contribution < -0.4 is 0 Å². The van der Waals surface area contributed by atoms with E-state index in [1.807, 2.05) is 0 Å². The average Bonchev–Trinajstić information content (AvgIpc) is 2.37. The van der Waals surface area contributed by atoms with Crippen LogP contribution in [0.4, 0.5) is 10.1 Å². The van der Waals surface area contributed by atoms with Crippen molar-refractivity contribution >= 4 is 15.7 Å². The molecule has 0 saturated carbocycles. The SMILES string of the molecule is COCC(C)N(C)S(=O)(=O)c1cccc(F)c1[N+](=O)[O-]. The molecular weight excluding hydrogens is 291 g/mol. The minimum Gasteiger partial charge on any atom is -0.383 e. The van der Waals surface area contributed by atoms with Crippen molar-refractivity contribution in [2.24, 2.45) is 0 Å². The Morgan fingerprint density at radius 3 is 2.60 bits per heavy atom. The zero-order chi connectivity index (χ0) is 15.5. The van der Waals surface area contributed by atoms with Crippen LogP contribution in [0.1, 0.15) is 6.92 Å². The number of ether oxygens (including phenoxy) is 1. The van der Waals surface area contributed by atoms with Gasteiger partial charge in [0.15, 0.2) is 4.90 Å². The first kappa shape index (κ1) is 16.5. The van der Waals surface area contributed by atoms with Gasteiger partial charge in [-0.05, 0) is 19.1 Å². The summed E-state index contributed by atoms with van der Waals surface area (Å²) in [4.78, 5) is 9.15. The van der Waals surface area contributed by atoms with E-state index in [1.165, 1.54) is 14.2 Å². The highest BCUT2D eigenvalue weighted by atomic mass is 32.2. The number of benzene rings is 1. The predicted molar refractivity (Wildman–Crippen MR) is 69.3 cm³/mol. The molecule has 1 aromatic rings. The molecular formula is C11H15FN2O5S. The molecule has 0 aliphatic rings. The topological polar surface area (TPSA) is 89.8 Å². The van der Waals surface area contributed by atoms with Crippen LogP contribution in [0.2, 0.25) is 0 Å². The smallest absolute Gasteiger partial charge is 0.324 e. The Morgan fingerprint density at radius 2 is 2.10 bits per heavy atom. The molecule has 0 bridgehead atoms. The molecule has 112 valence electrons. The Hall–Kier alpha value is -1.58. The van der Waals surface area contributed by atoms with Gasteiger partial charge >= 0.3 is 5.69 Å². The van der Waals surface area contributed by atoms with Crippen molar-refractivity contribution in [1.82, 2.24) is 4.31 Å². The maximum Gasteiger partial charge on any atom is 0.324 e. The fourth-order valence-electron chi connectivity index (χ4n) is 1.62. The van der Waals surface area contributed by atoms with Crippen LogP contribution in [0.15, 0.2) is 23.1 Å². The second kappa shape index (κ2) is 6.25. The zero-order valence-electron chi connectivity index (χ0n) is 11.2. The number of methoxy groups -OCH3 is 1. The Bertz CT molecular complexity index is 605. The largest absolute Gasteiger partial charge is 0.383 e. The molecule has 0 aliphatic heterocycles. The minimum absolute atomic E-state index is 0.110. The molecule has 0 aromatic heterocycles. The normalized spacial score (nSPS) is 13.4. The monoisotopic (exact) mass is 306 g/mol. The van der Waals surface area contributed by atoms with Crippen molar-refractivity contribution in [3.8, 4) is 0 Å². The van der Waals surface area contributed by atoms with E-state index in [4.69, 9.17) is 4.74 Å². The van der Waals surface area contributed by atoms with E-state index >= 15 is 0 Å². The van der Waals surface area contributed by atoms with E-state index in [0.29, 0.717) is 0 Å². The molecule has 0 aliphatic carbocycles. The quantitative estimate of drug-likeness (QED) is 0.585. The van der Waals surface area contributed by atoms with Gasteiger partial charge in [0.2, 0.25) is 15.8 Å². The number of nitro benzene ring substituents is 1. The van der Waals surface area contributed by atoms with Crippen LogP contribution in [0, 0.1) is 15.9 Å². The fraction of sp³-hybridized carbons (Fsp3) is 0.455. The molecule has 0 radical (unpaired) electrons. The summed E-state index contributed by atoms with van der Waals surface area (Å²) in [5, 5.41) is 10.9. The fourth-order valence-corrected chi connectivity index (χ4v) is 3.13. The predicted octanol–water partition coefficient (Wildman–Crippen LogP) is 1.39. The summed E-state index contributed by atoms with van der Waals surface area (Å²) in [5.74, 6) is -1.19. The van der Waals surface area contributed by atoms with Gasteiger partial charge < -0.3 is 4.74 Å². The number of para-hydroxylation sites is 1. The standard InChI is InChI=1S/C11H15FN2O5S/c1-8(7-19-3)13(2)20(17,18)10-6-4-5-9(12)11(10)14(15)16/h4-6,8H,7H2,1-3H3. The average molecular weight is 306 g/mol. The first-order chi connectivity index (χ1) is 9.23. The maximum atomic E-state index is 13.5. The van der Waals surface area contributed by atoms with Crippen LogP contribution >= 0.6 is 0 Å². The number of likely N-dealkylation sites (N-methyl/N-ethyl adjacent to an activating group) is 1. The van der Waals surface area contributed by atoms with Crippen molar-refractivity contribution in [2.75, 3.05) is 20.8 Å².